The topological polar surface area (TPSA) is 66.6 Å². The number of primary amides is 1. The van der Waals surface area contributed by atoms with Crippen molar-refractivity contribution >= 4 is 11.8 Å². The minimum absolute atomic E-state index is 0.0949. The first-order valence-corrected chi connectivity index (χ1v) is 8.82. The summed E-state index contributed by atoms with van der Waals surface area (Å²) in [5, 5.41) is 0. The zero-order valence-electron chi connectivity index (χ0n) is 14.7. The summed E-state index contributed by atoms with van der Waals surface area (Å²) >= 11 is 0. The molecule has 3 unspecified atom stereocenters. The van der Waals surface area contributed by atoms with Crippen molar-refractivity contribution in [3.63, 3.8) is 0 Å². The maximum Gasteiger partial charge on any atom is 0.248 e. The molecule has 1 aliphatic carbocycles. The number of nitrogens with zero attached hydrogens (tertiary/aromatic N) is 2. The van der Waals surface area contributed by atoms with Crippen molar-refractivity contribution < 1.29 is 9.59 Å². The smallest absolute Gasteiger partial charge is 0.248 e. The summed E-state index contributed by atoms with van der Waals surface area (Å²) in [6, 6.07) is 8.16. The highest BCUT2D eigenvalue weighted by Crippen LogP contribution is 2.48. The van der Waals surface area contributed by atoms with E-state index in [1.165, 1.54) is 0 Å². The molecule has 2 fully saturated rings. The third-order valence-electron chi connectivity index (χ3n) is 5.40. The molecular formula is C19H27N3O2. The van der Waals surface area contributed by atoms with E-state index in [-0.39, 0.29) is 23.8 Å². The average Bonchev–Trinajstić information content (AvgIpc) is 3.34. The van der Waals surface area contributed by atoms with Gasteiger partial charge in [-0.25, -0.2) is 0 Å². The quantitative estimate of drug-likeness (QED) is 0.916. The molecule has 1 saturated carbocycles. The summed E-state index contributed by atoms with van der Waals surface area (Å²) in [6.45, 7) is 9.29. The van der Waals surface area contributed by atoms with Gasteiger partial charge in [0.2, 0.25) is 11.8 Å². The summed E-state index contributed by atoms with van der Waals surface area (Å²) in [4.78, 5) is 28.5. The Morgan fingerprint density at radius 1 is 1.17 bits per heavy atom. The van der Waals surface area contributed by atoms with Crippen LogP contribution in [0.2, 0.25) is 0 Å². The highest BCUT2D eigenvalue weighted by Gasteiger charge is 2.47. The Hall–Kier alpha value is -1.88. The molecule has 2 amide bonds. The predicted molar refractivity (Wildman–Crippen MR) is 93.7 cm³/mol. The molecule has 0 spiro atoms. The summed E-state index contributed by atoms with van der Waals surface area (Å²) in [6.07, 6.45) is 0.909. The van der Waals surface area contributed by atoms with Gasteiger partial charge in [-0.2, -0.15) is 0 Å². The average molecular weight is 329 g/mol. The molecule has 5 heteroatoms. The van der Waals surface area contributed by atoms with Crippen LogP contribution in [0, 0.1) is 5.92 Å². The highest BCUT2D eigenvalue weighted by atomic mass is 16.2. The fraction of sp³-hybridized carbons (Fsp3) is 0.579. The largest absolute Gasteiger partial charge is 0.366 e. The Bertz CT molecular complexity index is 626. The third-order valence-corrected chi connectivity index (χ3v) is 5.40. The molecule has 1 aliphatic heterocycles. The van der Waals surface area contributed by atoms with Gasteiger partial charge in [-0.05, 0) is 50.8 Å². The lowest BCUT2D eigenvalue weighted by Crippen LogP contribution is -2.56. The number of nitrogens with two attached hydrogens (primary N) is 1. The molecule has 3 atom stereocenters. The molecule has 0 aromatic heterocycles. The molecule has 1 heterocycles. The van der Waals surface area contributed by atoms with Gasteiger partial charge in [-0.3, -0.25) is 14.5 Å². The second-order valence-corrected chi connectivity index (χ2v) is 7.40. The minimum Gasteiger partial charge on any atom is -0.366 e. The fourth-order valence-corrected chi connectivity index (χ4v) is 3.73. The first kappa shape index (κ1) is 17.0. The number of rotatable bonds is 4. The summed E-state index contributed by atoms with van der Waals surface area (Å²) in [7, 11) is 0. The standard InChI is InChI=1S/C19H27N3O2/c1-12(2)21-8-9-22(13(3)11-21)19(24)17-10-16(17)14-4-6-15(7-5-14)18(20)23/h4-7,12-13,16-17H,8-11H2,1-3H3,(H2,20,23). The lowest BCUT2D eigenvalue weighted by Gasteiger charge is -2.41. The number of piperazine rings is 1. The predicted octanol–water partition coefficient (Wildman–Crippen LogP) is 1.83. The van der Waals surface area contributed by atoms with Gasteiger partial charge in [0.25, 0.3) is 0 Å². The number of benzene rings is 1. The molecule has 2 aliphatic rings. The van der Waals surface area contributed by atoms with Crippen LogP contribution in [0.5, 0.6) is 0 Å². The van der Waals surface area contributed by atoms with E-state index >= 15 is 0 Å². The fourth-order valence-electron chi connectivity index (χ4n) is 3.73. The van der Waals surface area contributed by atoms with Gasteiger partial charge in [0.1, 0.15) is 0 Å². The number of hydrogen-bond acceptors (Lipinski definition) is 3. The first-order valence-electron chi connectivity index (χ1n) is 8.82. The van der Waals surface area contributed by atoms with E-state index in [4.69, 9.17) is 5.73 Å². The van der Waals surface area contributed by atoms with Crippen molar-refractivity contribution in [2.24, 2.45) is 11.7 Å². The second-order valence-electron chi connectivity index (χ2n) is 7.40. The number of carbonyl (C=O) groups excluding carboxylic acids is 2. The lowest BCUT2D eigenvalue weighted by atomic mass is 10.1. The molecular weight excluding hydrogens is 302 g/mol. The molecule has 3 rings (SSSR count). The Balaban J connectivity index is 1.60. The van der Waals surface area contributed by atoms with E-state index in [0.717, 1.165) is 31.6 Å². The van der Waals surface area contributed by atoms with Gasteiger partial charge in [0.05, 0.1) is 0 Å². The van der Waals surface area contributed by atoms with Crippen LogP contribution < -0.4 is 5.73 Å². The van der Waals surface area contributed by atoms with Crippen LogP contribution in [0.3, 0.4) is 0 Å². The van der Waals surface area contributed by atoms with E-state index in [1.807, 2.05) is 12.1 Å². The van der Waals surface area contributed by atoms with Crippen molar-refractivity contribution in [2.45, 2.75) is 45.2 Å². The van der Waals surface area contributed by atoms with Crippen molar-refractivity contribution in [3.8, 4) is 0 Å². The van der Waals surface area contributed by atoms with Crippen LogP contribution in [0.25, 0.3) is 0 Å². The molecule has 0 radical (unpaired) electrons. The van der Waals surface area contributed by atoms with Crippen LogP contribution >= 0.6 is 0 Å². The molecule has 1 aromatic rings. The molecule has 0 bridgehead atoms. The van der Waals surface area contributed by atoms with Crippen molar-refractivity contribution in [2.75, 3.05) is 19.6 Å². The van der Waals surface area contributed by atoms with Gasteiger partial charge in [0, 0.05) is 43.2 Å². The maximum atomic E-state index is 12.8. The lowest BCUT2D eigenvalue weighted by molar-refractivity contribution is -0.137. The van der Waals surface area contributed by atoms with Crippen molar-refractivity contribution in [1.29, 1.82) is 0 Å². The van der Waals surface area contributed by atoms with Crippen LogP contribution in [0.1, 0.15) is 49.0 Å². The molecule has 1 saturated heterocycles. The van der Waals surface area contributed by atoms with Crippen molar-refractivity contribution in [1.82, 2.24) is 9.80 Å². The number of carbonyl (C=O) groups is 2. The van der Waals surface area contributed by atoms with Gasteiger partial charge < -0.3 is 10.6 Å². The first-order chi connectivity index (χ1) is 11.4. The Kier molecular flexibility index (Phi) is 4.63. The molecule has 24 heavy (non-hydrogen) atoms. The SMILES string of the molecule is CC(C)N1CCN(C(=O)C2CC2c2ccc(C(N)=O)cc2)C(C)C1. The molecule has 130 valence electrons. The van der Waals surface area contributed by atoms with Gasteiger partial charge in [-0.15, -0.1) is 0 Å². The summed E-state index contributed by atoms with van der Waals surface area (Å²) < 4.78 is 0. The minimum atomic E-state index is -0.415. The van der Waals surface area contributed by atoms with E-state index < -0.39 is 5.91 Å². The maximum absolute atomic E-state index is 12.8. The van der Waals surface area contributed by atoms with E-state index in [2.05, 4.69) is 30.6 Å². The number of hydrogen-bond donors (Lipinski definition) is 1. The molecule has 1 aromatic carbocycles. The van der Waals surface area contributed by atoms with Crippen LogP contribution in [-0.4, -0.2) is 53.3 Å². The van der Waals surface area contributed by atoms with Crippen LogP contribution in [-0.2, 0) is 4.79 Å². The number of amides is 2. The monoisotopic (exact) mass is 329 g/mol. The van der Waals surface area contributed by atoms with Crippen molar-refractivity contribution in [3.05, 3.63) is 35.4 Å². The Morgan fingerprint density at radius 2 is 1.83 bits per heavy atom. The molecule has 5 nitrogen and oxygen atoms in total. The van der Waals surface area contributed by atoms with E-state index in [9.17, 15) is 9.59 Å². The second kappa shape index (κ2) is 6.55. The van der Waals surface area contributed by atoms with Gasteiger partial charge in [0.15, 0.2) is 0 Å². The normalized spacial score (nSPS) is 27.3. The zero-order valence-corrected chi connectivity index (χ0v) is 14.7. The Labute approximate surface area is 143 Å². The van der Waals surface area contributed by atoms with Gasteiger partial charge in [-0.1, -0.05) is 12.1 Å². The third kappa shape index (κ3) is 3.31. The van der Waals surface area contributed by atoms with Gasteiger partial charge >= 0.3 is 0 Å². The van der Waals surface area contributed by atoms with Crippen LogP contribution in [0.4, 0.5) is 0 Å². The summed E-state index contributed by atoms with van der Waals surface area (Å²) in [5.74, 6) is 0.254. The molecule has 2 N–H and O–H groups in total. The zero-order chi connectivity index (χ0) is 17.4. The highest BCUT2D eigenvalue weighted by molar-refractivity contribution is 5.92. The summed E-state index contributed by atoms with van der Waals surface area (Å²) in [5.41, 5.74) is 6.92. The Morgan fingerprint density at radius 3 is 2.38 bits per heavy atom. The van der Waals surface area contributed by atoms with E-state index in [1.54, 1.807) is 12.1 Å². The van der Waals surface area contributed by atoms with Crippen LogP contribution in [0.15, 0.2) is 24.3 Å². The van der Waals surface area contributed by atoms with E-state index in [0.29, 0.717) is 11.6 Å².